The second kappa shape index (κ2) is 10.5. The van der Waals surface area contributed by atoms with Gasteiger partial charge < -0.3 is 25.3 Å². The molecule has 7 heteroatoms. The zero-order valence-electron chi connectivity index (χ0n) is 16.9. The van der Waals surface area contributed by atoms with E-state index in [1.165, 1.54) is 13.2 Å². The van der Waals surface area contributed by atoms with E-state index in [-0.39, 0.29) is 12.5 Å². The Morgan fingerprint density at radius 3 is 2.42 bits per heavy atom. The number of hydrogen-bond acceptors (Lipinski definition) is 5. The topological polar surface area (TPSA) is 99.9 Å². The second-order valence-corrected chi connectivity index (χ2v) is 6.40. The summed E-state index contributed by atoms with van der Waals surface area (Å²) < 4.78 is 16.4. The predicted octanol–water partition coefficient (Wildman–Crippen LogP) is 4.00. The fourth-order valence-electron chi connectivity index (χ4n) is 2.68. The number of para-hydroxylation sites is 3. The molecular weight excluding hydrogens is 396 g/mol. The number of methoxy groups -OCH3 is 1. The Balaban J connectivity index is 1.68. The average molecular weight is 418 g/mol. The van der Waals surface area contributed by atoms with Crippen molar-refractivity contribution >= 4 is 23.6 Å². The first-order valence-electron chi connectivity index (χ1n) is 9.45. The van der Waals surface area contributed by atoms with E-state index in [1.807, 2.05) is 42.5 Å². The van der Waals surface area contributed by atoms with Crippen molar-refractivity contribution in [3.8, 4) is 23.0 Å². The maximum atomic E-state index is 12.4. The molecule has 3 N–H and O–H groups in total. The molecule has 0 aromatic heterocycles. The van der Waals surface area contributed by atoms with Crippen molar-refractivity contribution in [2.45, 2.75) is 0 Å². The lowest BCUT2D eigenvalue weighted by Crippen LogP contribution is -2.20. The SMILES string of the molecule is COc1cc(/C=C/C(=O)Nc2ccccc2Oc2ccccc2)ccc1OCC(N)=O. The Kier molecular flexibility index (Phi) is 7.26. The first-order chi connectivity index (χ1) is 15.0. The van der Waals surface area contributed by atoms with Crippen molar-refractivity contribution < 1.29 is 23.8 Å². The Morgan fingerprint density at radius 1 is 0.935 bits per heavy atom. The van der Waals surface area contributed by atoms with Gasteiger partial charge in [0.1, 0.15) is 5.75 Å². The van der Waals surface area contributed by atoms with Crippen LogP contribution in [0.5, 0.6) is 23.0 Å². The normalized spacial score (nSPS) is 10.5. The molecule has 0 heterocycles. The van der Waals surface area contributed by atoms with Crippen molar-refractivity contribution in [3.63, 3.8) is 0 Å². The molecule has 0 bridgehead atoms. The number of ether oxygens (including phenoxy) is 3. The van der Waals surface area contributed by atoms with Crippen LogP contribution in [0.25, 0.3) is 6.08 Å². The number of nitrogens with two attached hydrogens (primary N) is 1. The van der Waals surface area contributed by atoms with Crippen LogP contribution in [0, 0.1) is 0 Å². The fraction of sp³-hybridized carbons (Fsp3) is 0.0833. The molecule has 0 saturated carbocycles. The van der Waals surface area contributed by atoms with Crippen LogP contribution >= 0.6 is 0 Å². The largest absolute Gasteiger partial charge is 0.493 e. The third-order valence-corrected chi connectivity index (χ3v) is 4.10. The molecule has 0 aliphatic heterocycles. The Morgan fingerprint density at radius 2 is 1.68 bits per heavy atom. The summed E-state index contributed by atoms with van der Waals surface area (Å²) in [6.07, 6.45) is 3.04. The number of anilines is 1. The summed E-state index contributed by atoms with van der Waals surface area (Å²) in [6, 6.07) is 21.6. The summed E-state index contributed by atoms with van der Waals surface area (Å²) in [7, 11) is 1.48. The van der Waals surface area contributed by atoms with E-state index in [1.54, 1.807) is 36.4 Å². The van der Waals surface area contributed by atoms with Crippen LogP contribution in [0.3, 0.4) is 0 Å². The van der Waals surface area contributed by atoms with E-state index in [0.29, 0.717) is 34.2 Å². The van der Waals surface area contributed by atoms with Crippen molar-refractivity contribution in [1.29, 1.82) is 0 Å². The van der Waals surface area contributed by atoms with Gasteiger partial charge in [-0.3, -0.25) is 9.59 Å². The van der Waals surface area contributed by atoms with E-state index >= 15 is 0 Å². The minimum atomic E-state index is -0.584. The van der Waals surface area contributed by atoms with Crippen molar-refractivity contribution in [2.75, 3.05) is 19.0 Å². The Labute approximate surface area is 180 Å². The van der Waals surface area contributed by atoms with Crippen LogP contribution in [-0.4, -0.2) is 25.5 Å². The summed E-state index contributed by atoms with van der Waals surface area (Å²) in [6.45, 7) is -0.252. The molecule has 2 amide bonds. The number of nitrogens with one attached hydrogen (secondary N) is 1. The van der Waals surface area contributed by atoms with Gasteiger partial charge in [0.05, 0.1) is 12.8 Å². The highest BCUT2D eigenvalue weighted by atomic mass is 16.5. The van der Waals surface area contributed by atoms with Gasteiger partial charge in [-0.25, -0.2) is 0 Å². The summed E-state index contributed by atoms with van der Waals surface area (Å²) in [5, 5.41) is 2.82. The van der Waals surface area contributed by atoms with Gasteiger partial charge >= 0.3 is 0 Å². The average Bonchev–Trinajstić information content (AvgIpc) is 2.78. The smallest absolute Gasteiger partial charge is 0.255 e. The minimum Gasteiger partial charge on any atom is -0.493 e. The van der Waals surface area contributed by atoms with Crippen molar-refractivity contribution in [3.05, 3.63) is 84.4 Å². The molecule has 3 aromatic carbocycles. The minimum absolute atomic E-state index is 0.252. The van der Waals surface area contributed by atoms with Gasteiger partial charge in [-0.2, -0.15) is 0 Å². The van der Waals surface area contributed by atoms with E-state index in [9.17, 15) is 9.59 Å². The molecule has 3 rings (SSSR count). The van der Waals surface area contributed by atoms with Gasteiger partial charge in [0.15, 0.2) is 23.9 Å². The lowest BCUT2D eigenvalue weighted by molar-refractivity contribution is -0.120. The number of rotatable bonds is 9. The summed E-state index contributed by atoms with van der Waals surface area (Å²) >= 11 is 0. The molecule has 31 heavy (non-hydrogen) atoms. The van der Waals surface area contributed by atoms with Gasteiger partial charge in [0.2, 0.25) is 5.91 Å². The van der Waals surface area contributed by atoms with Crippen LogP contribution in [0.15, 0.2) is 78.9 Å². The summed E-state index contributed by atoms with van der Waals surface area (Å²) in [4.78, 5) is 23.3. The molecular formula is C24H22N2O5. The van der Waals surface area contributed by atoms with Crippen LogP contribution in [0.4, 0.5) is 5.69 Å². The first kappa shape index (κ1) is 21.4. The molecule has 0 aliphatic carbocycles. The maximum absolute atomic E-state index is 12.4. The quantitative estimate of drug-likeness (QED) is 0.512. The predicted molar refractivity (Wildman–Crippen MR) is 118 cm³/mol. The van der Waals surface area contributed by atoms with Gasteiger partial charge in [-0.15, -0.1) is 0 Å². The number of hydrogen-bond donors (Lipinski definition) is 2. The molecule has 7 nitrogen and oxygen atoms in total. The summed E-state index contributed by atoms with van der Waals surface area (Å²) in [5.74, 6) is 1.11. The molecule has 0 unspecified atom stereocenters. The highest BCUT2D eigenvalue weighted by Gasteiger charge is 2.08. The maximum Gasteiger partial charge on any atom is 0.255 e. The lowest BCUT2D eigenvalue weighted by atomic mass is 10.2. The summed E-state index contributed by atoms with van der Waals surface area (Å²) in [5.41, 5.74) is 6.36. The highest BCUT2D eigenvalue weighted by molar-refractivity contribution is 6.02. The van der Waals surface area contributed by atoms with Crippen LogP contribution in [-0.2, 0) is 9.59 Å². The van der Waals surface area contributed by atoms with Gasteiger partial charge in [0.25, 0.3) is 5.91 Å². The van der Waals surface area contributed by atoms with Crippen LogP contribution in [0.1, 0.15) is 5.56 Å². The lowest BCUT2D eigenvalue weighted by Gasteiger charge is -2.11. The molecule has 0 spiro atoms. The molecule has 0 atom stereocenters. The Bertz CT molecular complexity index is 1080. The zero-order chi connectivity index (χ0) is 22.1. The number of carbonyl (C=O) groups excluding carboxylic acids is 2. The van der Waals surface area contributed by atoms with Gasteiger partial charge in [0, 0.05) is 6.08 Å². The monoisotopic (exact) mass is 418 g/mol. The standard InChI is InChI=1S/C24H22N2O5/c1-29-22-15-17(11-13-21(22)30-16-23(25)27)12-14-24(28)26-19-9-5-6-10-20(19)31-18-7-3-2-4-8-18/h2-15H,16H2,1H3,(H2,25,27)(H,26,28)/b14-12+. The third kappa shape index (κ3) is 6.37. The number of amides is 2. The van der Waals surface area contributed by atoms with Crippen molar-refractivity contribution in [1.82, 2.24) is 0 Å². The van der Waals surface area contributed by atoms with E-state index in [4.69, 9.17) is 19.9 Å². The van der Waals surface area contributed by atoms with E-state index in [0.717, 1.165) is 0 Å². The second-order valence-electron chi connectivity index (χ2n) is 6.40. The fourth-order valence-corrected chi connectivity index (χ4v) is 2.68. The van der Waals surface area contributed by atoms with E-state index < -0.39 is 5.91 Å². The highest BCUT2D eigenvalue weighted by Crippen LogP contribution is 2.30. The van der Waals surface area contributed by atoms with E-state index in [2.05, 4.69) is 5.32 Å². The first-order valence-corrected chi connectivity index (χ1v) is 9.45. The molecule has 0 saturated heterocycles. The Hall–Kier alpha value is -4.26. The third-order valence-electron chi connectivity index (χ3n) is 4.10. The number of benzene rings is 3. The molecule has 0 aliphatic rings. The van der Waals surface area contributed by atoms with Crippen LogP contribution < -0.4 is 25.3 Å². The molecule has 0 fully saturated rings. The number of primary amides is 1. The van der Waals surface area contributed by atoms with Crippen LogP contribution in [0.2, 0.25) is 0 Å². The molecule has 0 radical (unpaired) electrons. The molecule has 3 aromatic rings. The zero-order valence-corrected chi connectivity index (χ0v) is 16.9. The van der Waals surface area contributed by atoms with Gasteiger partial charge in [-0.1, -0.05) is 36.4 Å². The van der Waals surface area contributed by atoms with Crippen molar-refractivity contribution in [2.24, 2.45) is 5.73 Å². The van der Waals surface area contributed by atoms with Gasteiger partial charge in [-0.05, 0) is 48.0 Å². The number of carbonyl (C=O) groups is 2. The molecule has 158 valence electrons.